The van der Waals surface area contributed by atoms with Crippen molar-refractivity contribution >= 4 is 23.3 Å². The van der Waals surface area contributed by atoms with Gasteiger partial charge in [0, 0.05) is 17.5 Å². The Hall–Kier alpha value is -1.89. The van der Waals surface area contributed by atoms with Gasteiger partial charge in [-0.15, -0.1) is 11.3 Å². The van der Waals surface area contributed by atoms with Gasteiger partial charge in [0.1, 0.15) is 11.9 Å². The Bertz CT molecular complexity index is 548. The molecule has 0 unspecified atom stereocenters. The van der Waals surface area contributed by atoms with Gasteiger partial charge in [0.2, 0.25) is 5.91 Å². The van der Waals surface area contributed by atoms with E-state index in [2.05, 4.69) is 5.32 Å². The zero-order valence-corrected chi connectivity index (χ0v) is 12.2. The predicted molar refractivity (Wildman–Crippen MR) is 80.8 cm³/mol. The van der Waals surface area contributed by atoms with Crippen LogP contribution in [0.1, 0.15) is 16.7 Å². The summed E-state index contributed by atoms with van der Waals surface area (Å²) in [5.74, 6) is 0.400. The van der Waals surface area contributed by atoms with Crippen LogP contribution in [0.5, 0.6) is 0 Å². The maximum atomic E-state index is 11.7. The average molecular weight is 307 g/mol. The third-order valence-corrected chi connectivity index (χ3v) is 3.64. The Balaban J connectivity index is 1.84. The van der Waals surface area contributed by atoms with E-state index in [9.17, 15) is 4.79 Å². The standard InChI is InChI=1S/C15H17NO4S/c17-7-9-20-13(14-4-2-10-21-14)11-16-15(18)6-5-12-3-1-8-19-12/h1-6,8,10,13,17H,7,9,11H2,(H,16,18)/b6-5+/t13-/m0/s1. The number of ether oxygens (including phenoxy) is 1. The highest BCUT2D eigenvalue weighted by molar-refractivity contribution is 7.10. The Morgan fingerprint density at radius 1 is 1.48 bits per heavy atom. The molecule has 5 nitrogen and oxygen atoms in total. The van der Waals surface area contributed by atoms with E-state index in [0.717, 1.165) is 4.88 Å². The van der Waals surface area contributed by atoms with Gasteiger partial charge in [-0.05, 0) is 29.7 Å². The van der Waals surface area contributed by atoms with Crippen LogP contribution >= 0.6 is 11.3 Å². The molecule has 0 spiro atoms. The molecule has 0 bridgehead atoms. The van der Waals surface area contributed by atoms with Crippen LogP contribution in [0.4, 0.5) is 0 Å². The van der Waals surface area contributed by atoms with Crippen molar-refractivity contribution in [2.75, 3.05) is 19.8 Å². The highest BCUT2D eigenvalue weighted by atomic mass is 32.1. The third-order valence-electron chi connectivity index (χ3n) is 2.67. The minimum Gasteiger partial charge on any atom is -0.465 e. The summed E-state index contributed by atoms with van der Waals surface area (Å²) < 4.78 is 10.6. The zero-order chi connectivity index (χ0) is 14.9. The zero-order valence-electron chi connectivity index (χ0n) is 11.4. The number of nitrogens with one attached hydrogen (secondary N) is 1. The highest BCUT2D eigenvalue weighted by Crippen LogP contribution is 2.21. The van der Waals surface area contributed by atoms with Gasteiger partial charge >= 0.3 is 0 Å². The molecule has 0 radical (unpaired) electrons. The van der Waals surface area contributed by atoms with Crippen molar-refractivity contribution in [1.29, 1.82) is 0 Å². The molecule has 0 aliphatic carbocycles. The molecule has 2 N–H and O–H groups in total. The lowest BCUT2D eigenvalue weighted by molar-refractivity contribution is -0.117. The van der Waals surface area contributed by atoms with Crippen LogP contribution in [0.2, 0.25) is 0 Å². The Kier molecular flexibility index (Phi) is 6.21. The van der Waals surface area contributed by atoms with Gasteiger partial charge < -0.3 is 19.6 Å². The molecule has 1 atom stereocenters. The number of hydrogen-bond donors (Lipinski definition) is 2. The molecule has 2 heterocycles. The topological polar surface area (TPSA) is 71.7 Å². The molecular weight excluding hydrogens is 290 g/mol. The van der Waals surface area contributed by atoms with Gasteiger partial charge in [-0.3, -0.25) is 4.79 Å². The van der Waals surface area contributed by atoms with Crippen LogP contribution in [0.25, 0.3) is 6.08 Å². The normalized spacial score (nSPS) is 12.6. The monoisotopic (exact) mass is 307 g/mol. The number of carbonyl (C=O) groups is 1. The number of rotatable bonds is 8. The fraction of sp³-hybridized carbons (Fsp3) is 0.267. The van der Waals surface area contributed by atoms with E-state index in [1.165, 1.54) is 6.08 Å². The fourth-order valence-corrected chi connectivity index (χ4v) is 2.48. The van der Waals surface area contributed by atoms with E-state index in [1.807, 2.05) is 17.5 Å². The first-order valence-electron chi connectivity index (χ1n) is 6.55. The fourth-order valence-electron chi connectivity index (χ4n) is 1.71. The molecule has 2 aromatic heterocycles. The second kappa shape index (κ2) is 8.41. The summed E-state index contributed by atoms with van der Waals surface area (Å²) in [4.78, 5) is 12.8. The van der Waals surface area contributed by atoms with Gasteiger partial charge in [-0.2, -0.15) is 0 Å². The van der Waals surface area contributed by atoms with Gasteiger partial charge in [0.15, 0.2) is 0 Å². The van der Waals surface area contributed by atoms with E-state index >= 15 is 0 Å². The summed E-state index contributed by atoms with van der Waals surface area (Å²) in [6.45, 7) is 0.538. The van der Waals surface area contributed by atoms with Gasteiger partial charge in [-0.25, -0.2) is 0 Å². The molecular formula is C15H17NO4S. The van der Waals surface area contributed by atoms with Crippen molar-refractivity contribution < 1.29 is 19.1 Å². The summed E-state index contributed by atoms with van der Waals surface area (Å²) >= 11 is 1.55. The van der Waals surface area contributed by atoms with Crippen LogP contribution in [-0.2, 0) is 9.53 Å². The molecule has 112 valence electrons. The first kappa shape index (κ1) is 15.5. The molecule has 21 heavy (non-hydrogen) atoms. The van der Waals surface area contributed by atoms with E-state index in [0.29, 0.717) is 12.3 Å². The minimum atomic E-state index is -0.252. The molecule has 0 aliphatic rings. The maximum Gasteiger partial charge on any atom is 0.244 e. The molecule has 0 aliphatic heterocycles. The number of amides is 1. The molecule has 0 aromatic carbocycles. The van der Waals surface area contributed by atoms with E-state index in [1.54, 1.807) is 35.8 Å². The summed E-state index contributed by atoms with van der Waals surface area (Å²) in [6.07, 6.45) is 4.31. The highest BCUT2D eigenvalue weighted by Gasteiger charge is 2.13. The van der Waals surface area contributed by atoms with Crippen molar-refractivity contribution in [3.8, 4) is 0 Å². The first-order valence-corrected chi connectivity index (χ1v) is 7.43. The predicted octanol–water partition coefficient (Wildman–Crippen LogP) is 2.22. The van der Waals surface area contributed by atoms with Crippen molar-refractivity contribution in [2.45, 2.75) is 6.10 Å². The lowest BCUT2D eigenvalue weighted by Crippen LogP contribution is -2.28. The number of carbonyl (C=O) groups excluding carboxylic acids is 1. The van der Waals surface area contributed by atoms with E-state index in [-0.39, 0.29) is 25.2 Å². The maximum absolute atomic E-state index is 11.7. The molecule has 0 saturated carbocycles. The summed E-state index contributed by atoms with van der Waals surface area (Å²) in [7, 11) is 0. The number of thiophene rings is 1. The third kappa shape index (κ3) is 5.18. The van der Waals surface area contributed by atoms with E-state index < -0.39 is 0 Å². The quantitative estimate of drug-likeness (QED) is 0.734. The average Bonchev–Trinajstić information content (AvgIpc) is 3.18. The van der Waals surface area contributed by atoms with Crippen LogP contribution < -0.4 is 5.32 Å². The number of aliphatic hydroxyl groups is 1. The molecule has 6 heteroatoms. The molecule has 2 rings (SSSR count). The van der Waals surface area contributed by atoms with Gasteiger partial charge in [0.25, 0.3) is 0 Å². The minimum absolute atomic E-state index is 0.0474. The molecule has 2 aromatic rings. The van der Waals surface area contributed by atoms with Crippen LogP contribution in [0, 0.1) is 0 Å². The summed E-state index contributed by atoms with van der Waals surface area (Å²) in [5.41, 5.74) is 0. The molecule has 0 saturated heterocycles. The van der Waals surface area contributed by atoms with Crippen molar-refractivity contribution in [2.24, 2.45) is 0 Å². The second-order valence-electron chi connectivity index (χ2n) is 4.19. The van der Waals surface area contributed by atoms with Crippen LogP contribution in [0.15, 0.2) is 46.4 Å². The summed E-state index contributed by atoms with van der Waals surface area (Å²) in [5, 5.41) is 13.6. The first-order chi connectivity index (χ1) is 10.3. The van der Waals surface area contributed by atoms with Gasteiger partial charge in [-0.1, -0.05) is 6.07 Å². The molecule has 0 fully saturated rings. The number of hydrogen-bond acceptors (Lipinski definition) is 5. The van der Waals surface area contributed by atoms with Gasteiger partial charge in [0.05, 0.1) is 19.5 Å². The number of furan rings is 1. The second-order valence-corrected chi connectivity index (χ2v) is 5.17. The molecule has 1 amide bonds. The SMILES string of the molecule is O=C(/C=C/c1ccco1)NC[C@H](OCCO)c1cccs1. The van der Waals surface area contributed by atoms with Crippen LogP contribution in [-0.4, -0.2) is 30.8 Å². The lowest BCUT2D eigenvalue weighted by atomic mass is 10.3. The van der Waals surface area contributed by atoms with Crippen molar-refractivity contribution in [3.63, 3.8) is 0 Å². The Morgan fingerprint density at radius 2 is 2.38 bits per heavy atom. The van der Waals surface area contributed by atoms with E-state index in [4.69, 9.17) is 14.3 Å². The smallest absolute Gasteiger partial charge is 0.244 e. The Labute approximate surface area is 126 Å². The largest absolute Gasteiger partial charge is 0.465 e. The van der Waals surface area contributed by atoms with Crippen LogP contribution in [0.3, 0.4) is 0 Å². The van der Waals surface area contributed by atoms with Crippen molar-refractivity contribution in [3.05, 3.63) is 52.6 Å². The van der Waals surface area contributed by atoms with Crippen molar-refractivity contribution in [1.82, 2.24) is 5.32 Å². The number of aliphatic hydroxyl groups excluding tert-OH is 1. The Morgan fingerprint density at radius 3 is 3.05 bits per heavy atom. The lowest BCUT2D eigenvalue weighted by Gasteiger charge is -2.16. The summed E-state index contributed by atoms with van der Waals surface area (Å²) in [6, 6.07) is 7.39.